The molecule has 0 heterocycles. The Morgan fingerprint density at radius 2 is 2.15 bits per heavy atom. The largest absolute Gasteiger partial charge is 0.391 e. The maximum Gasteiger partial charge on any atom is 0.391 e. The molecular weight excluding hydrogens is 273 g/mol. The third-order valence-electron chi connectivity index (χ3n) is 3.70. The van der Waals surface area contributed by atoms with Crippen molar-refractivity contribution in [3.63, 3.8) is 0 Å². The summed E-state index contributed by atoms with van der Waals surface area (Å²) in [4.78, 5) is 11.9. The lowest BCUT2D eigenvalue weighted by Gasteiger charge is -2.29. The van der Waals surface area contributed by atoms with E-state index in [9.17, 15) is 18.0 Å². The summed E-state index contributed by atoms with van der Waals surface area (Å²) >= 11 is 0. The fourth-order valence-electron chi connectivity index (χ4n) is 2.55. The number of hydrogen-bond acceptors (Lipinski definition) is 3. The van der Waals surface area contributed by atoms with Crippen LogP contribution in [0.15, 0.2) is 0 Å². The lowest BCUT2D eigenvalue weighted by molar-refractivity contribution is -0.186. The van der Waals surface area contributed by atoms with Gasteiger partial charge in [0.2, 0.25) is 5.91 Å². The lowest BCUT2D eigenvalue weighted by atomic mass is 9.80. The number of alkyl halides is 3. The van der Waals surface area contributed by atoms with Gasteiger partial charge in [-0.3, -0.25) is 4.79 Å². The van der Waals surface area contributed by atoms with Crippen molar-refractivity contribution in [3.8, 4) is 0 Å². The molecule has 0 aromatic heterocycles. The monoisotopic (exact) mass is 296 g/mol. The average Bonchev–Trinajstić information content (AvgIpc) is 2.38. The Balaban J connectivity index is 2.32. The first kappa shape index (κ1) is 17.2. The van der Waals surface area contributed by atoms with Crippen molar-refractivity contribution in [2.45, 2.75) is 44.3 Å². The van der Waals surface area contributed by atoms with Crippen LogP contribution in [-0.2, 0) is 9.53 Å². The molecule has 118 valence electrons. The third-order valence-corrected chi connectivity index (χ3v) is 3.70. The molecule has 0 aliphatic heterocycles. The molecule has 3 unspecified atom stereocenters. The number of rotatable bonds is 6. The lowest BCUT2D eigenvalue weighted by Crippen LogP contribution is -2.39. The molecule has 3 N–H and O–H groups in total. The third kappa shape index (κ3) is 5.66. The minimum Gasteiger partial charge on any atom is -0.383 e. The van der Waals surface area contributed by atoms with Crippen molar-refractivity contribution in [2.75, 3.05) is 20.3 Å². The van der Waals surface area contributed by atoms with Crippen molar-refractivity contribution in [1.29, 1.82) is 0 Å². The van der Waals surface area contributed by atoms with Crippen LogP contribution < -0.4 is 11.1 Å². The van der Waals surface area contributed by atoms with Gasteiger partial charge in [0, 0.05) is 25.6 Å². The van der Waals surface area contributed by atoms with Gasteiger partial charge in [-0.05, 0) is 25.7 Å². The first-order valence-electron chi connectivity index (χ1n) is 6.93. The maximum atomic E-state index is 12.7. The highest BCUT2D eigenvalue weighted by atomic mass is 19.4. The molecule has 1 aliphatic rings. The van der Waals surface area contributed by atoms with Crippen LogP contribution in [0.25, 0.3) is 0 Å². The van der Waals surface area contributed by atoms with E-state index in [1.807, 2.05) is 0 Å². The highest BCUT2D eigenvalue weighted by Crippen LogP contribution is 2.39. The molecule has 0 aromatic rings. The van der Waals surface area contributed by atoms with Crippen molar-refractivity contribution < 1.29 is 22.7 Å². The number of nitrogens with two attached hydrogens (primary N) is 1. The summed E-state index contributed by atoms with van der Waals surface area (Å²) in [6.07, 6.45) is -2.63. The molecule has 1 saturated carbocycles. The van der Waals surface area contributed by atoms with Crippen LogP contribution >= 0.6 is 0 Å². The van der Waals surface area contributed by atoms with Gasteiger partial charge in [-0.2, -0.15) is 13.2 Å². The van der Waals surface area contributed by atoms with Crippen molar-refractivity contribution in [3.05, 3.63) is 0 Å². The zero-order valence-corrected chi connectivity index (χ0v) is 11.7. The topological polar surface area (TPSA) is 64.3 Å². The van der Waals surface area contributed by atoms with Crippen LogP contribution in [0.2, 0.25) is 0 Å². The summed E-state index contributed by atoms with van der Waals surface area (Å²) in [5, 5.41) is 2.67. The van der Waals surface area contributed by atoms with Crippen molar-refractivity contribution >= 4 is 5.91 Å². The smallest absolute Gasteiger partial charge is 0.383 e. The Labute approximate surface area is 117 Å². The highest BCUT2D eigenvalue weighted by Gasteiger charge is 2.43. The van der Waals surface area contributed by atoms with Crippen molar-refractivity contribution in [1.82, 2.24) is 5.32 Å². The van der Waals surface area contributed by atoms with E-state index in [1.54, 1.807) is 0 Å². The van der Waals surface area contributed by atoms with E-state index >= 15 is 0 Å². The van der Waals surface area contributed by atoms with E-state index < -0.39 is 18.0 Å². The van der Waals surface area contributed by atoms with Gasteiger partial charge in [0.25, 0.3) is 0 Å². The van der Waals surface area contributed by atoms with Crippen LogP contribution in [0.5, 0.6) is 0 Å². The van der Waals surface area contributed by atoms with E-state index in [2.05, 4.69) is 5.32 Å². The summed E-state index contributed by atoms with van der Waals surface area (Å²) in [7, 11) is 1.54. The average molecular weight is 296 g/mol. The van der Waals surface area contributed by atoms with Gasteiger partial charge >= 0.3 is 6.18 Å². The molecule has 0 radical (unpaired) electrons. The number of carbonyl (C=O) groups is 1. The fraction of sp³-hybridized carbons (Fsp3) is 0.923. The Kier molecular flexibility index (Phi) is 6.75. The van der Waals surface area contributed by atoms with Crippen LogP contribution in [0.4, 0.5) is 13.2 Å². The predicted octanol–water partition coefficient (Wildman–Crippen LogP) is 1.84. The molecule has 4 nitrogen and oxygen atoms in total. The van der Waals surface area contributed by atoms with Crippen LogP contribution in [0.3, 0.4) is 0 Å². The standard InChI is InChI=1S/C13H23F3N2O2/c1-20-8-11(17)5-6-18-12(19)9-3-2-4-10(7-9)13(14,15)16/h9-11H,2-8,17H2,1H3,(H,18,19). The van der Waals surface area contributed by atoms with E-state index in [4.69, 9.17) is 10.5 Å². The summed E-state index contributed by atoms with van der Waals surface area (Å²) in [6.45, 7) is 0.770. The van der Waals surface area contributed by atoms with E-state index in [-0.39, 0.29) is 24.8 Å². The van der Waals surface area contributed by atoms with Gasteiger partial charge in [-0.25, -0.2) is 0 Å². The second kappa shape index (κ2) is 7.83. The Morgan fingerprint density at radius 1 is 1.45 bits per heavy atom. The molecule has 1 fully saturated rings. The first-order chi connectivity index (χ1) is 9.34. The summed E-state index contributed by atoms with van der Waals surface area (Å²) in [5.41, 5.74) is 5.70. The van der Waals surface area contributed by atoms with Crippen LogP contribution in [-0.4, -0.2) is 38.4 Å². The zero-order valence-electron chi connectivity index (χ0n) is 11.7. The van der Waals surface area contributed by atoms with E-state index in [0.717, 1.165) is 0 Å². The highest BCUT2D eigenvalue weighted by molar-refractivity contribution is 5.78. The van der Waals surface area contributed by atoms with Gasteiger partial charge in [-0.1, -0.05) is 6.42 Å². The molecule has 3 atom stereocenters. The number of nitrogens with one attached hydrogen (secondary N) is 1. The Hall–Kier alpha value is -0.820. The van der Waals surface area contributed by atoms with Gasteiger partial charge in [-0.15, -0.1) is 0 Å². The van der Waals surface area contributed by atoms with Crippen LogP contribution in [0.1, 0.15) is 32.1 Å². The van der Waals surface area contributed by atoms with Crippen molar-refractivity contribution in [2.24, 2.45) is 17.6 Å². The normalized spacial score (nSPS) is 25.2. The van der Waals surface area contributed by atoms with E-state index in [0.29, 0.717) is 32.4 Å². The minimum absolute atomic E-state index is 0.0978. The number of methoxy groups -OCH3 is 1. The Morgan fingerprint density at radius 3 is 2.75 bits per heavy atom. The molecule has 0 aromatic carbocycles. The number of ether oxygens (including phenoxy) is 1. The summed E-state index contributed by atoms with van der Waals surface area (Å²) in [6, 6.07) is -0.172. The second-order valence-electron chi connectivity index (χ2n) is 5.40. The number of carbonyl (C=O) groups excluding carboxylic acids is 1. The maximum absolute atomic E-state index is 12.7. The second-order valence-corrected chi connectivity index (χ2v) is 5.40. The molecule has 1 amide bonds. The predicted molar refractivity (Wildman–Crippen MR) is 69.0 cm³/mol. The van der Waals surface area contributed by atoms with Gasteiger partial charge in [0.05, 0.1) is 12.5 Å². The molecule has 0 spiro atoms. The number of amides is 1. The molecule has 7 heteroatoms. The van der Waals surface area contributed by atoms with Gasteiger partial charge < -0.3 is 15.8 Å². The molecule has 0 saturated heterocycles. The molecule has 0 bridgehead atoms. The quantitative estimate of drug-likeness (QED) is 0.786. The Bertz CT molecular complexity index is 310. The SMILES string of the molecule is COCC(N)CCNC(=O)C1CCCC(C(F)(F)F)C1. The van der Waals surface area contributed by atoms with E-state index in [1.165, 1.54) is 7.11 Å². The van der Waals surface area contributed by atoms with Crippen LogP contribution in [0, 0.1) is 11.8 Å². The number of hydrogen-bond donors (Lipinski definition) is 2. The summed E-state index contributed by atoms with van der Waals surface area (Å²) in [5.74, 6) is -2.17. The van der Waals surface area contributed by atoms with Gasteiger partial charge in [0.1, 0.15) is 0 Å². The molecule has 1 rings (SSSR count). The fourth-order valence-corrected chi connectivity index (χ4v) is 2.55. The zero-order chi connectivity index (χ0) is 15.2. The molecular formula is C13H23F3N2O2. The first-order valence-corrected chi connectivity index (χ1v) is 6.93. The molecule has 20 heavy (non-hydrogen) atoms. The number of halogens is 3. The molecule has 1 aliphatic carbocycles. The minimum atomic E-state index is -4.19. The summed E-state index contributed by atoms with van der Waals surface area (Å²) < 4.78 is 42.8. The van der Waals surface area contributed by atoms with Gasteiger partial charge in [0.15, 0.2) is 0 Å².